The molecule has 2 aromatic rings. The number of nitrogens with one attached hydrogen (secondary N) is 1. The molecule has 1 aromatic heterocycles. The van der Waals surface area contributed by atoms with Crippen molar-refractivity contribution < 1.29 is 18.3 Å². The summed E-state index contributed by atoms with van der Waals surface area (Å²) >= 11 is 0. The molecule has 1 saturated heterocycles. The molecule has 0 bridgehead atoms. The molecule has 1 aromatic carbocycles. The second kappa shape index (κ2) is 7.10. The van der Waals surface area contributed by atoms with Crippen molar-refractivity contribution in [3.8, 4) is 0 Å². The minimum absolute atomic E-state index is 0.0360. The normalized spacial score (nSPS) is 17.6. The summed E-state index contributed by atoms with van der Waals surface area (Å²) in [6.07, 6.45) is -0.533. The van der Waals surface area contributed by atoms with Crippen molar-refractivity contribution in [1.29, 1.82) is 0 Å². The number of amides is 1. The topological polar surface area (TPSA) is 75.3 Å². The van der Waals surface area contributed by atoms with Gasteiger partial charge >= 0.3 is 0 Å². The third-order valence-corrected chi connectivity index (χ3v) is 3.97. The van der Waals surface area contributed by atoms with Crippen molar-refractivity contribution in [3.05, 3.63) is 63.3 Å². The molecule has 0 saturated carbocycles. The van der Waals surface area contributed by atoms with Crippen LogP contribution >= 0.6 is 0 Å². The van der Waals surface area contributed by atoms with Crippen molar-refractivity contribution in [2.24, 2.45) is 0 Å². The van der Waals surface area contributed by atoms with Crippen LogP contribution in [0.1, 0.15) is 23.2 Å². The summed E-state index contributed by atoms with van der Waals surface area (Å²) in [5.41, 5.74) is 0.583. The van der Waals surface area contributed by atoms with Crippen molar-refractivity contribution in [2.75, 3.05) is 19.7 Å². The summed E-state index contributed by atoms with van der Waals surface area (Å²) in [6, 6.07) is 4.76. The number of halogens is 2. The monoisotopic (exact) mass is 349 g/mol. The van der Waals surface area contributed by atoms with Crippen LogP contribution < -0.4 is 5.56 Å². The Kier molecular flexibility index (Phi) is 4.89. The standard InChI is InChI=1S/C17H17F2N3O3/c1-10-20-14(8-16(23)21-10)15-9-22(4-5-25-15)17(24)7-11-2-3-12(18)13(19)6-11/h2-3,6,8,15H,4-5,7,9H2,1H3,(H,20,21,23)/t15-/m0/s1. The summed E-state index contributed by atoms with van der Waals surface area (Å²) in [4.78, 5) is 32.4. The van der Waals surface area contributed by atoms with Gasteiger partial charge in [-0.2, -0.15) is 0 Å². The highest BCUT2D eigenvalue weighted by Crippen LogP contribution is 2.20. The SMILES string of the molecule is Cc1nc([C@@H]2CN(C(=O)Cc3ccc(F)c(F)c3)CCO2)cc(=O)[nH]1. The van der Waals surface area contributed by atoms with E-state index >= 15 is 0 Å². The fraction of sp³-hybridized carbons (Fsp3) is 0.353. The molecule has 0 spiro atoms. The first-order chi connectivity index (χ1) is 11.9. The van der Waals surface area contributed by atoms with E-state index in [0.29, 0.717) is 30.2 Å². The zero-order chi connectivity index (χ0) is 18.0. The number of hydrogen-bond donors (Lipinski definition) is 1. The van der Waals surface area contributed by atoms with Crippen LogP contribution in [-0.2, 0) is 16.0 Å². The number of rotatable bonds is 3. The lowest BCUT2D eigenvalue weighted by Gasteiger charge is -2.32. The number of benzene rings is 1. The third-order valence-electron chi connectivity index (χ3n) is 3.97. The van der Waals surface area contributed by atoms with Crippen LogP contribution in [0, 0.1) is 18.6 Å². The van der Waals surface area contributed by atoms with E-state index in [1.807, 2.05) is 0 Å². The van der Waals surface area contributed by atoms with Gasteiger partial charge < -0.3 is 14.6 Å². The third kappa shape index (κ3) is 4.08. The van der Waals surface area contributed by atoms with Crippen LogP contribution in [0.2, 0.25) is 0 Å². The molecule has 0 radical (unpaired) electrons. The van der Waals surface area contributed by atoms with Crippen molar-refractivity contribution in [3.63, 3.8) is 0 Å². The summed E-state index contributed by atoms with van der Waals surface area (Å²) in [5.74, 6) is -1.68. The predicted octanol–water partition coefficient (Wildman–Crippen LogP) is 1.50. The van der Waals surface area contributed by atoms with Gasteiger partial charge in [-0.1, -0.05) is 6.07 Å². The largest absolute Gasteiger partial charge is 0.368 e. The van der Waals surface area contributed by atoms with Crippen LogP contribution in [0.25, 0.3) is 0 Å². The first-order valence-electron chi connectivity index (χ1n) is 7.83. The average molecular weight is 349 g/mol. The van der Waals surface area contributed by atoms with E-state index < -0.39 is 17.7 Å². The average Bonchev–Trinajstić information content (AvgIpc) is 2.57. The molecule has 1 aliphatic rings. The van der Waals surface area contributed by atoms with Crippen molar-refractivity contribution in [1.82, 2.24) is 14.9 Å². The number of carbonyl (C=O) groups is 1. The van der Waals surface area contributed by atoms with Crippen LogP contribution in [0.5, 0.6) is 0 Å². The van der Waals surface area contributed by atoms with Gasteiger partial charge in [-0.05, 0) is 24.6 Å². The van der Waals surface area contributed by atoms with Gasteiger partial charge in [0.15, 0.2) is 11.6 Å². The molecule has 0 unspecified atom stereocenters. The molecule has 0 aliphatic carbocycles. The molecule has 1 fully saturated rings. The quantitative estimate of drug-likeness (QED) is 0.911. The number of carbonyl (C=O) groups excluding carboxylic acids is 1. The lowest BCUT2D eigenvalue weighted by molar-refractivity contribution is -0.138. The maximum atomic E-state index is 13.3. The van der Waals surface area contributed by atoms with E-state index in [1.54, 1.807) is 11.8 Å². The fourth-order valence-corrected chi connectivity index (χ4v) is 2.76. The molecule has 1 atom stereocenters. The number of ether oxygens (including phenoxy) is 1. The minimum atomic E-state index is -0.978. The Balaban J connectivity index is 1.70. The van der Waals surface area contributed by atoms with E-state index in [2.05, 4.69) is 9.97 Å². The molecular formula is C17H17F2N3O3. The van der Waals surface area contributed by atoms with Gasteiger partial charge in [0.25, 0.3) is 5.56 Å². The highest BCUT2D eigenvalue weighted by Gasteiger charge is 2.27. The van der Waals surface area contributed by atoms with Crippen LogP contribution in [0.3, 0.4) is 0 Å². The number of morpholine rings is 1. The highest BCUT2D eigenvalue weighted by atomic mass is 19.2. The Labute approximate surface area is 142 Å². The van der Waals surface area contributed by atoms with Gasteiger partial charge in [0, 0.05) is 12.6 Å². The first-order valence-corrected chi connectivity index (χ1v) is 7.83. The number of aryl methyl sites for hydroxylation is 1. The summed E-state index contributed by atoms with van der Waals surface area (Å²) in [6.45, 7) is 2.61. The fourth-order valence-electron chi connectivity index (χ4n) is 2.76. The smallest absolute Gasteiger partial charge is 0.251 e. The molecule has 1 aliphatic heterocycles. The lowest BCUT2D eigenvalue weighted by atomic mass is 10.1. The van der Waals surface area contributed by atoms with Gasteiger partial charge in [0.1, 0.15) is 11.9 Å². The molecule has 1 N–H and O–H groups in total. The first kappa shape index (κ1) is 17.2. The Morgan fingerprint density at radius 3 is 2.88 bits per heavy atom. The molecule has 132 valence electrons. The molecule has 6 nitrogen and oxygen atoms in total. The highest BCUT2D eigenvalue weighted by molar-refractivity contribution is 5.78. The zero-order valence-corrected chi connectivity index (χ0v) is 13.6. The number of H-pyrrole nitrogens is 1. The predicted molar refractivity (Wildman–Crippen MR) is 84.9 cm³/mol. The summed E-state index contributed by atoms with van der Waals surface area (Å²) in [5, 5.41) is 0. The zero-order valence-electron chi connectivity index (χ0n) is 13.6. The second-order valence-corrected chi connectivity index (χ2v) is 5.88. The van der Waals surface area contributed by atoms with E-state index in [4.69, 9.17) is 4.74 Å². The van der Waals surface area contributed by atoms with Crippen molar-refractivity contribution >= 4 is 5.91 Å². The van der Waals surface area contributed by atoms with Gasteiger partial charge in [0.2, 0.25) is 5.91 Å². The molecule has 25 heavy (non-hydrogen) atoms. The number of aromatic amines is 1. The minimum Gasteiger partial charge on any atom is -0.368 e. The Morgan fingerprint density at radius 2 is 2.16 bits per heavy atom. The molecule has 8 heteroatoms. The Morgan fingerprint density at radius 1 is 1.36 bits per heavy atom. The van der Waals surface area contributed by atoms with Crippen molar-refractivity contribution in [2.45, 2.75) is 19.4 Å². The van der Waals surface area contributed by atoms with E-state index in [-0.39, 0.29) is 24.4 Å². The van der Waals surface area contributed by atoms with Crippen LogP contribution in [0.4, 0.5) is 8.78 Å². The summed E-state index contributed by atoms with van der Waals surface area (Å²) < 4.78 is 31.9. The van der Waals surface area contributed by atoms with Gasteiger partial charge in [-0.25, -0.2) is 13.8 Å². The lowest BCUT2D eigenvalue weighted by Crippen LogP contribution is -2.43. The maximum Gasteiger partial charge on any atom is 0.251 e. The Bertz CT molecular complexity index is 853. The summed E-state index contributed by atoms with van der Waals surface area (Å²) in [7, 11) is 0. The van der Waals surface area contributed by atoms with Gasteiger partial charge in [-0.15, -0.1) is 0 Å². The number of aromatic nitrogens is 2. The van der Waals surface area contributed by atoms with E-state index in [0.717, 1.165) is 12.1 Å². The maximum absolute atomic E-state index is 13.3. The van der Waals surface area contributed by atoms with E-state index in [1.165, 1.54) is 12.1 Å². The molecule has 1 amide bonds. The Hall–Kier alpha value is -2.61. The van der Waals surface area contributed by atoms with E-state index in [9.17, 15) is 18.4 Å². The van der Waals surface area contributed by atoms with Crippen LogP contribution in [0.15, 0.2) is 29.1 Å². The van der Waals surface area contributed by atoms with Gasteiger partial charge in [0.05, 0.1) is 25.3 Å². The van der Waals surface area contributed by atoms with Crippen LogP contribution in [-0.4, -0.2) is 40.5 Å². The second-order valence-electron chi connectivity index (χ2n) is 5.88. The molecular weight excluding hydrogens is 332 g/mol. The molecule has 2 heterocycles. The molecule has 3 rings (SSSR count). The number of hydrogen-bond acceptors (Lipinski definition) is 4. The van der Waals surface area contributed by atoms with Gasteiger partial charge in [-0.3, -0.25) is 9.59 Å². The number of nitrogens with zero attached hydrogens (tertiary/aromatic N) is 2.